The first-order valence-electron chi connectivity index (χ1n) is 11.3. The molecule has 0 amide bonds. The van der Waals surface area contributed by atoms with E-state index in [1.165, 1.54) is 0 Å². The summed E-state index contributed by atoms with van der Waals surface area (Å²) in [6, 6.07) is 10.4. The number of aromatic hydroxyl groups is 1. The summed E-state index contributed by atoms with van der Waals surface area (Å²) in [7, 11) is 0. The van der Waals surface area contributed by atoms with Gasteiger partial charge in [0.05, 0.1) is 25.5 Å². The Labute approximate surface area is 193 Å². The summed E-state index contributed by atoms with van der Waals surface area (Å²) >= 11 is 0. The van der Waals surface area contributed by atoms with Gasteiger partial charge in [-0.25, -0.2) is 9.78 Å². The Bertz CT molecular complexity index is 1510. The number of rotatable bonds is 5. The largest absolute Gasteiger partial charge is 0.493 e. The average Bonchev–Trinajstić information content (AvgIpc) is 3.48. The van der Waals surface area contributed by atoms with Gasteiger partial charge >= 0.3 is 5.69 Å². The summed E-state index contributed by atoms with van der Waals surface area (Å²) in [6.45, 7) is 3.27. The quantitative estimate of drug-likeness (QED) is 0.343. The highest BCUT2D eigenvalue weighted by molar-refractivity contribution is 5.63. The number of H-pyrrole nitrogens is 2. The molecule has 1 aliphatic carbocycles. The molecule has 1 aromatic carbocycles. The van der Waals surface area contributed by atoms with E-state index in [1.54, 1.807) is 16.8 Å². The SMILES string of the molecule is O=c1[nH]c(O)c(/C=c2/cnn3c(=NC4CC4)cc(Nc4ccc(N5CCOCC5)cc4)nc23)[nH]1. The minimum absolute atomic E-state index is 0.234. The van der Waals surface area contributed by atoms with E-state index in [9.17, 15) is 9.90 Å². The third kappa shape index (κ3) is 4.13. The van der Waals surface area contributed by atoms with E-state index in [0.717, 1.165) is 50.5 Å². The Balaban J connectivity index is 1.37. The van der Waals surface area contributed by atoms with Crippen LogP contribution in [0, 0.1) is 0 Å². The van der Waals surface area contributed by atoms with Crippen LogP contribution in [0.3, 0.4) is 0 Å². The first-order valence-corrected chi connectivity index (χ1v) is 11.3. The van der Waals surface area contributed by atoms with E-state index < -0.39 is 5.69 Å². The summed E-state index contributed by atoms with van der Waals surface area (Å²) in [5.41, 5.74) is 3.11. The zero-order valence-corrected chi connectivity index (χ0v) is 18.4. The molecule has 1 saturated carbocycles. The third-order valence-electron chi connectivity index (χ3n) is 5.89. The summed E-state index contributed by atoms with van der Waals surface area (Å²) < 4.78 is 7.12. The van der Waals surface area contributed by atoms with E-state index in [4.69, 9.17) is 14.7 Å². The lowest BCUT2D eigenvalue weighted by Gasteiger charge is -2.28. The second-order valence-electron chi connectivity index (χ2n) is 8.45. The van der Waals surface area contributed by atoms with Crippen LogP contribution in [0.1, 0.15) is 18.5 Å². The Hall–Kier alpha value is -4.12. The van der Waals surface area contributed by atoms with Gasteiger partial charge in [-0.1, -0.05) is 0 Å². The van der Waals surface area contributed by atoms with Crippen molar-refractivity contribution in [2.45, 2.75) is 18.9 Å². The van der Waals surface area contributed by atoms with Gasteiger partial charge in [-0.3, -0.25) is 9.98 Å². The number of aromatic nitrogens is 5. The van der Waals surface area contributed by atoms with Gasteiger partial charge in [-0.2, -0.15) is 9.61 Å². The molecule has 4 N–H and O–H groups in total. The maximum atomic E-state index is 11.5. The van der Waals surface area contributed by atoms with Crippen LogP contribution in [0.4, 0.5) is 17.2 Å². The number of imidazole rings is 1. The molecule has 0 radical (unpaired) electrons. The highest BCUT2D eigenvalue weighted by atomic mass is 16.5. The lowest BCUT2D eigenvalue weighted by Crippen LogP contribution is -2.36. The van der Waals surface area contributed by atoms with Crippen LogP contribution in [0.5, 0.6) is 5.88 Å². The van der Waals surface area contributed by atoms with Crippen LogP contribution in [-0.2, 0) is 4.74 Å². The zero-order valence-electron chi connectivity index (χ0n) is 18.4. The normalized spacial score (nSPS) is 17.6. The van der Waals surface area contributed by atoms with Gasteiger partial charge in [-0.15, -0.1) is 0 Å². The number of anilines is 3. The monoisotopic (exact) mass is 460 g/mol. The maximum absolute atomic E-state index is 11.5. The van der Waals surface area contributed by atoms with Gasteiger partial charge in [0.25, 0.3) is 0 Å². The van der Waals surface area contributed by atoms with E-state index >= 15 is 0 Å². The molecule has 0 spiro atoms. The van der Waals surface area contributed by atoms with Crippen molar-refractivity contribution in [1.29, 1.82) is 0 Å². The molecular weight excluding hydrogens is 436 g/mol. The van der Waals surface area contributed by atoms with Gasteiger partial charge in [0, 0.05) is 35.7 Å². The number of nitrogens with zero attached hydrogens (tertiary/aromatic N) is 5. The van der Waals surface area contributed by atoms with Gasteiger partial charge in [0.1, 0.15) is 11.5 Å². The number of hydrogen-bond donors (Lipinski definition) is 4. The molecule has 1 saturated heterocycles. The van der Waals surface area contributed by atoms with Crippen molar-refractivity contribution >= 4 is 28.9 Å². The molecule has 0 atom stereocenters. The number of aromatic amines is 2. The molecule has 1 aliphatic heterocycles. The lowest BCUT2D eigenvalue weighted by molar-refractivity contribution is 0.122. The van der Waals surface area contributed by atoms with Crippen LogP contribution >= 0.6 is 0 Å². The Morgan fingerprint density at radius 1 is 1.18 bits per heavy atom. The van der Waals surface area contributed by atoms with Crippen molar-refractivity contribution in [3.05, 3.63) is 63.4 Å². The van der Waals surface area contributed by atoms with Crippen molar-refractivity contribution in [3.8, 4) is 5.88 Å². The predicted octanol–water partition coefficient (Wildman–Crippen LogP) is 0.642. The zero-order chi connectivity index (χ0) is 23.1. The van der Waals surface area contributed by atoms with Gasteiger partial charge in [0.2, 0.25) is 5.88 Å². The van der Waals surface area contributed by atoms with Crippen molar-refractivity contribution in [3.63, 3.8) is 0 Å². The first kappa shape index (κ1) is 20.5. The van der Waals surface area contributed by atoms with E-state index in [-0.39, 0.29) is 11.6 Å². The second-order valence-corrected chi connectivity index (χ2v) is 8.45. The van der Waals surface area contributed by atoms with E-state index in [0.29, 0.717) is 28.2 Å². The van der Waals surface area contributed by atoms with Crippen LogP contribution < -0.4 is 26.6 Å². The fourth-order valence-corrected chi connectivity index (χ4v) is 3.99. The first-order chi connectivity index (χ1) is 16.6. The van der Waals surface area contributed by atoms with Crippen LogP contribution in [0.15, 0.2) is 46.3 Å². The summed E-state index contributed by atoms with van der Waals surface area (Å²) in [6.07, 6.45) is 5.40. The fourth-order valence-electron chi connectivity index (χ4n) is 3.99. The van der Waals surface area contributed by atoms with Crippen LogP contribution in [0.2, 0.25) is 0 Å². The Morgan fingerprint density at radius 3 is 2.68 bits per heavy atom. The number of fused-ring (bicyclic) bond motifs is 1. The molecule has 11 heteroatoms. The number of nitrogens with one attached hydrogen (secondary N) is 3. The number of hydrogen-bond acceptors (Lipinski definition) is 8. The molecule has 174 valence electrons. The van der Waals surface area contributed by atoms with Crippen LogP contribution in [-0.4, -0.2) is 62.0 Å². The molecule has 6 rings (SSSR count). The molecule has 0 unspecified atom stereocenters. The molecular formula is C23H24N8O3. The molecule has 3 aromatic heterocycles. The lowest BCUT2D eigenvalue weighted by atomic mass is 10.2. The smallest absolute Gasteiger partial charge is 0.326 e. The van der Waals surface area contributed by atoms with Gasteiger partial charge < -0.3 is 25.0 Å². The molecule has 0 bridgehead atoms. The van der Waals surface area contributed by atoms with E-state index in [1.807, 2.05) is 18.2 Å². The van der Waals surface area contributed by atoms with Gasteiger partial charge in [-0.05, 0) is 43.2 Å². The summed E-state index contributed by atoms with van der Waals surface area (Å²) in [4.78, 5) is 28.2. The molecule has 34 heavy (non-hydrogen) atoms. The molecule has 4 aromatic rings. The van der Waals surface area contributed by atoms with Crippen molar-refractivity contribution in [2.24, 2.45) is 4.99 Å². The maximum Gasteiger partial charge on any atom is 0.326 e. The Kier molecular flexibility index (Phi) is 5.02. The number of morpholine rings is 1. The van der Waals surface area contributed by atoms with Crippen molar-refractivity contribution in [1.82, 2.24) is 24.6 Å². The average molecular weight is 460 g/mol. The van der Waals surface area contributed by atoms with Crippen molar-refractivity contribution in [2.75, 3.05) is 36.5 Å². The minimum atomic E-state index is -0.486. The highest BCUT2D eigenvalue weighted by Crippen LogP contribution is 2.23. The number of benzene rings is 1. The molecule has 2 fully saturated rings. The van der Waals surface area contributed by atoms with E-state index in [2.05, 4.69) is 37.4 Å². The standard InChI is InChI=1S/C23H24N8O3/c32-22-18(27-23(33)29-22)11-14-13-24-31-20(26-16-1-2-16)12-19(28-21(14)31)25-15-3-5-17(6-4-15)30-7-9-34-10-8-30/h3-6,11-13,16,25,32H,1-2,7-10H2,(H2,27,29,33)/b14-11-,26-20?. The fraction of sp³-hybridized carbons (Fsp3) is 0.304. The molecule has 11 nitrogen and oxygen atoms in total. The summed E-state index contributed by atoms with van der Waals surface area (Å²) in [5.74, 6) is 0.398. The summed E-state index contributed by atoms with van der Waals surface area (Å²) in [5, 5.41) is 18.4. The Morgan fingerprint density at radius 2 is 1.97 bits per heavy atom. The number of ether oxygens (including phenoxy) is 1. The highest BCUT2D eigenvalue weighted by Gasteiger charge is 2.20. The van der Waals surface area contributed by atoms with Crippen LogP contribution in [0.25, 0.3) is 11.7 Å². The topological polar surface area (TPSA) is 136 Å². The second kappa shape index (κ2) is 8.34. The van der Waals surface area contributed by atoms with Crippen molar-refractivity contribution < 1.29 is 9.84 Å². The molecule has 4 heterocycles. The minimum Gasteiger partial charge on any atom is -0.493 e. The third-order valence-corrected chi connectivity index (χ3v) is 5.89. The molecule has 2 aliphatic rings. The van der Waals surface area contributed by atoms with Gasteiger partial charge in [0.15, 0.2) is 11.1 Å². The predicted molar refractivity (Wildman–Crippen MR) is 126 cm³/mol.